The molecule has 0 bridgehead atoms. The number of anilines is 1. The SMILES string of the molecule is CCCCC(c1cccc2c1CC(CC1CCCN(C(=N)N)C1)C(=O)N2)N1C(C)CCCC1C. The number of piperidine rings is 2. The lowest BCUT2D eigenvalue weighted by molar-refractivity contribution is -0.120. The first-order valence-corrected chi connectivity index (χ1v) is 13.7. The van der Waals surface area contributed by atoms with Crippen molar-refractivity contribution in [2.24, 2.45) is 17.6 Å². The fourth-order valence-electron chi connectivity index (χ4n) is 6.82. The summed E-state index contributed by atoms with van der Waals surface area (Å²) in [6, 6.07) is 8.16. The summed E-state index contributed by atoms with van der Waals surface area (Å²) in [5.41, 5.74) is 9.58. The molecule has 3 aliphatic heterocycles. The molecule has 6 heteroatoms. The third-order valence-electron chi connectivity index (χ3n) is 8.58. The highest BCUT2D eigenvalue weighted by Crippen LogP contribution is 2.41. The van der Waals surface area contributed by atoms with Crippen LogP contribution in [0.2, 0.25) is 0 Å². The predicted octanol–water partition coefficient (Wildman–Crippen LogP) is 5.29. The van der Waals surface area contributed by atoms with Crippen molar-refractivity contribution in [2.75, 3.05) is 18.4 Å². The molecule has 2 saturated heterocycles. The maximum absolute atomic E-state index is 13.1. The number of rotatable bonds is 7. The van der Waals surface area contributed by atoms with Gasteiger partial charge in [-0.2, -0.15) is 0 Å². The average molecular weight is 468 g/mol. The molecule has 5 unspecified atom stereocenters. The van der Waals surface area contributed by atoms with Crippen molar-refractivity contribution in [2.45, 2.75) is 103 Å². The zero-order chi connectivity index (χ0) is 24.2. The second-order valence-corrected chi connectivity index (χ2v) is 11.1. The number of carbonyl (C=O) groups is 1. The van der Waals surface area contributed by atoms with Gasteiger partial charge in [0.1, 0.15) is 0 Å². The van der Waals surface area contributed by atoms with Gasteiger partial charge in [0.2, 0.25) is 5.91 Å². The van der Waals surface area contributed by atoms with Crippen LogP contribution in [0.25, 0.3) is 0 Å². The molecular weight excluding hydrogens is 422 g/mol. The molecule has 0 spiro atoms. The molecule has 4 N–H and O–H groups in total. The number of benzene rings is 1. The minimum Gasteiger partial charge on any atom is -0.370 e. The second-order valence-electron chi connectivity index (χ2n) is 11.1. The van der Waals surface area contributed by atoms with Gasteiger partial charge in [0.25, 0.3) is 0 Å². The number of carbonyl (C=O) groups excluding carboxylic acids is 1. The van der Waals surface area contributed by atoms with E-state index in [9.17, 15) is 4.79 Å². The molecule has 1 amide bonds. The zero-order valence-electron chi connectivity index (χ0n) is 21.5. The molecule has 34 heavy (non-hydrogen) atoms. The number of fused-ring (bicyclic) bond motifs is 1. The first-order valence-electron chi connectivity index (χ1n) is 13.7. The number of amides is 1. The van der Waals surface area contributed by atoms with Crippen molar-refractivity contribution in [3.05, 3.63) is 29.3 Å². The van der Waals surface area contributed by atoms with Gasteiger partial charge in [0, 0.05) is 42.8 Å². The fraction of sp³-hybridized carbons (Fsp3) is 0.714. The van der Waals surface area contributed by atoms with E-state index in [0.29, 0.717) is 24.0 Å². The molecule has 1 aromatic carbocycles. The number of unbranched alkanes of at least 4 members (excludes halogenated alkanes) is 1. The molecule has 6 nitrogen and oxygen atoms in total. The highest BCUT2D eigenvalue weighted by atomic mass is 16.1. The lowest BCUT2D eigenvalue weighted by atomic mass is 9.79. The molecule has 2 fully saturated rings. The van der Waals surface area contributed by atoms with Crippen LogP contribution in [-0.4, -0.2) is 46.8 Å². The van der Waals surface area contributed by atoms with Crippen molar-refractivity contribution in [1.82, 2.24) is 9.80 Å². The van der Waals surface area contributed by atoms with E-state index in [-0.39, 0.29) is 17.8 Å². The van der Waals surface area contributed by atoms with Gasteiger partial charge >= 0.3 is 0 Å². The minimum atomic E-state index is -0.00594. The lowest BCUT2D eigenvalue weighted by Gasteiger charge is -2.45. The number of nitrogens with two attached hydrogens (primary N) is 1. The van der Waals surface area contributed by atoms with Gasteiger partial charge in [-0.3, -0.25) is 15.1 Å². The van der Waals surface area contributed by atoms with Crippen molar-refractivity contribution < 1.29 is 4.79 Å². The van der Waals surface area contributed by atoms with Crippen LogP contribution in [0.15, 0.2) is 18.2 Å². The van der Waals surface area contributed by atoms with Crippen LogP contribution < -0.4 is 11.1 Å². The highest BCUT2D eigenvalue weighted by Gasteiger charge is 2.36. The van der Waals surface area contributed by atoms with E-state index < -0.39 is 0 Å². The molecule has 3 aliphatic rings. The first-order chi connectivity index (χ1) is 16.4. The van der Waals surface area contributed by atoms with Gasteiger partial charge in [-0.25, -0.2) is 0 Å². The van der Waals surface area contributed by atoms with Crippen LogP contribution in [0.5, 0.6) is 0 Å². The van der Waals surface area contributed by atoms with Crippen LogP contribution in [0, 0.1) is 17.2 Å². The Labute approximate surface area is 206 Å². The molecule has 5 atom stereocenters. The van der Waals surface area contributed by atoms with E-state index in [1.165, 1.54) is 49.7 Å². The van der Waals surface area contributed by atoms with E-state index in [0.717, 1.165) is 44.5 Å². The maximum atomic E-state index is 13.1. The second kappa shape index (κ2) is 11.1. The topological polar surface area (TPSA) is 85.5 Å². The number of nitrogens with zero attached hydrogens (tertiary/aromatic N) is 2. The molecular formula is C28H45N5O. The Morgan fingerprint density at radius 2 is 1.97 bits per heavy atom. The monoisotopic (exact) mass is 467 g/mol. The van der Waals surface area contributed by atoms with Crippen LogP contribution in [0.3, 0.4) is 0 Å². The Bertz CT molecular complexity index is 860. The Morgan fingerprint density at radius 3 is 2.68 bits per heavy atom. The number of likely N-dealkylation sites (tertiary alicyclic amines) is 2. The van der Waals surface area contributed by atoms with Gasteiger partial charge < -0.3 is 16.0 Å². The Morgan fingerprint density at radius 1 is 1.21 bits per heavy atom. The molecule has 0 saturated carbocycles. The maximum Gasteiger partial charge on any atom is 0.227 e. The van der Waals surface area contributed by atoms with Gasteiger partial charge in [0.05, 0.1) is 0 Å². The Kier molecular flexibility index (Phi) is 8.18. The normalized spacial score (nSPS) is 28.8. The van der Waals surface area contributed by atoms with Crippen molar-refractivity contribution in [3.8, 4) is 0 Å². The van der Waals surface area contributed by atoms with Crippen LogP contribution in [-0.2, 0) is 11.2 Å². The van der Waals surface area contributed by atoms with Gasteiger partial charge in [-0.1, -0.05) is 38.3 Å². The van der Waals surface area contributed by atoms with E-state index in [1.807, 2.05) is 4.90 Å². The predicted molar refractivity (Wildman–Crippen MR) is 140 cm³/mol. The molecule has 188 valence electrons. The summed E-state index contributed by atoms with van der Waals surface area (Å²) in [4.78, 5) is 17.9. The third-order valence-corrected chi connectivity index (χ3v) is 8.58. The van der Waals surface area contributed by atoms with Crippen molar-refractivity contribution >= 4 is 17.6 Å². The average Bonchev–Trinajstić information content (AvgIpc) is 2.81. The van der Waals surface area contributed by atoms with Crippen molar-refractivity contribution in [3.63, 3.8) is 0 Å². The number of guanidine groups is 1. The molecule has 4 rings (SSSR count). The summed E-state index contributed by atoms with van der Waals surface area (Å²) in [5, 5.41) is 11.1. The van der Waals surface area contributed by atoms with Gasteiger partial charge in [0.15, 0.2) is 5.96 Å². The Balaban J connectivity index is 1.59. The third kappa shape index (κ3) is 5.42. The van der Waals surface area contributed by atoms with Gasteiger partial charge in [-0.15, -0.1) is 0 Å². The summed E-state index contributed by atoms with van der Waals surface area (Å²) in [7, 11) is 0. The first kappa shape index (κ1) is 25.0. The van der Waals surface area contributed by atoms with Gasteiger partial charge in [-0.05, 0) is 81.9 Å². The van der Waals surface area contributed by atoms with Crippen LogP contribution in [0.1, 0.15) is 95.7 Å². The fourth-order valence-corrected chi connectivity index (χ4v) is 6.82. The molecule has 3 heterocycles. The summed E-state index contributed by atoms with van der Waals surface area (Å²) >= 11 is 0. The van der Waals surface area contributed by atoms with Crippen LogP contribution in [0.4, 0.5) is 5.69 Å². The minimum absolute atomic E-state index is 0.00594. The van der Waals surface area contributed by atoms with E-state index in [4.69, 9.17) is 11.1 Å². The van der Waals surface area contributed by atoms with E-state index in [2.05, 4.69) is 49.2 Å². The summed E-state index contributed by atoms with van der Waals surface area (Å²) < 4.78 is 0. The van der Waals surface area contributed by atoms with E-state index in [1.54, 1.807) is 0 Å². The number of hydrogen-bond acceptors (Lipinski definition) is 3. The number of hydrogen-bond donors (Lipinski definition) is 3. The molecule has 0 radical (unpaired) electrons. The largest absolute Gasteiger partial charge is 0.370 e. The van der Waals surface area contributed by atoms with E-state index >= 15 is 0 Å². The quantitative estimate of drug-likeness (QED) is 0.376. The highest BCUT2D eigenvalue weighted by molar-refractivity contribution is 5.96. The smallest absolute Gasteiger partial charge is 0.227 e. The molecule has 0 aromatic heterocycles. The number of nitrogens with one attached hydrogen (secondary N) is 2. The Hall–Kier alpha value is -2.08. The van der Waals surface area contributed by atoms with Crippen LogP contribution >= 0.6 is 0 Å². The molecule has 0 aliphatic carbocycles. The summed E-state index contributed by atoms with van der Waals surface area (Å²) in [5.74, 6) is 0.733. The summed E-state index contributed by atoms with van der Waals surface area (Å²) in [6.45, 7) is 8.75. The molecule has 1 aromatic rings. The lowest BCUT2D eigenvalue weighted by Crippen LogP contribution is -2.46. The van der Waals surface area contributed by atoms with Crippen molar-refractivity contribution in [1.29, 1.82) is 5.41 Å². The summed E-state index contributed by atoms with van der Waals surface area (Å²) in [6.07, 6.45) is 11.3. The zero-order valence-corrected chi connectivity index (χ0v) is 21.5. The standard InChI is InChI=1S/C28H45N5O/c1-4-5-14-26(33-19(2)9-6-10-20(33)3)23-12-7-13-25-24(23)17-22(27(34)31-25)16-21-11-8-15-32(18-21)28(29)30/h7,12-13,19-22,26H,4-6,8-11,14-18H2,1-3H3,(H3,29,30)(H,31,34).